The van der Waals surface area contributed by atoms with Gasteiger partial charge in [-0.1, -0.05) is 0 Å². The summed E-state index contributed by atoms with van der Waals surface area (Å²) in [5.74, 6) is -1.32. The predicted molar refractivity (Wildman–Crippen MR) is 54.6 cm³/mol. The Bertz CT molecular complexity index is 288. The maximum Gasteiger partial charge on any atom is 0.331 e. The predicted octanol–water partition coefficient (Wildman–Crippen LogP) is -0.812. The lowest BCUT2D eigenvalue weighted by molar-refractivity contribution is -0.139. The van der Waals surface area contributed by atoms with Crippen LogP contribution in [-0.4, -0.2) is 45.3 Å². The molecule has 2 amide bonds. The van der Waals surface area contributed by atoms with E-state index in [0.29, 0.717) is 0 Å². The van der Waals surface area contributed by atoms with Gasteiger partial charge in [-0.25, -0.2) is 14.4 Å². The number of ether oxygens (including phenoxy) is 2. The lowest BCUT2D eigenvalue weighted by Crippen LogP contribution is -2.35. The highest BCUT2D eigenvalue weighted by atomic mass is 16.5. The van der Waals surface area contributed by atoms with E-state index in [1.165, 1.54) is 14.2 Å². The Kier molecular flexibility index (Phi) is 7.21. The van der Waals surface area contributed by atoms with Crippen LogP contribution in [-0.2, 0) is 19.1 Å². The Morgan fingerprint density at radius 1 is 1.19 bits per heavy atom. The number of methoxy groups -OCH3 is 1. The average Bonchev–Trinajstić information content (AvgIpc) is 2.31. The number of nitrogens with one attached hydrogen (secondary N) is 2. The van der Waals surface area contributed by atoms with Crippen molar-refractivity contribution in [1.82, 2.24) is 10.6 Å². The van der Waals surface area contributed by atoms with Gasteiger partial charge in [0.25, 0.3) is 0 Å². The normalized spacial score (nSPS) is 9.62. The lowest BCUT2D eigenvalue weighted by Gasteiger charge is -2.03. The fourth-order valence-electron chi connectivity index (χ4n) is 0.657. The van der Waals surface area contributed by atoms with Crippen LogP contribution in [0.4, 0.5) is 4.79 Å². The molecule has 0 bridgehead atoms. The third-order valence-corrected chi connectivity index (χ3v) is 1.42. The number of carbonyl (C=O) groups is 3. The molecular formula is C9H14N2O5. The van der Waals surface area contributed by atoms with Crippen molar-refractivity contribution in [1.29, 1.82) is 0 Å². The minimum atomic E-state index is -0.677. The Hall–Kier alpha value is -2.05. The highest BCUT2D eigenvalue weighted by molar-refractivity contribution is 5.91. The van der Waals surface area contributed by atoms with E-state index in [0.717, 1.165) is 12.2 Å². The second-order valence-electron chi connectivity index (χ2n) is 2.53. The summed E-state index contributed by atoms with van der Waals surface area (Å²) in [5, 5.41) is 4.76. The molecule has 0 saturated heterocycles. The molecule has 0 aliphatic rings. The van der Waals surface area contributed by atoms with Crippen LogP contribution in [0.3, 0.4) is 0 Å². The van der Waals surface area contributed by atoms with Crippen molar-refractivity contribution in [3.63, 3.8) is 0 Å². The molecule has 0 aliphatic carbocycles. The summed E-state index contributed by atoms with van der Waals surface area (Å²) in [6.07, 6.45) is 1.90. The summed E-state index contributed by atoms with van der Waals surface area (Å²) in [6, 6.07) is -0.360. The zero-order valence-corrected chi connectivity index (χ0v) is 9.11. The Morgan fingerprint density at radius 2 is 1.81 bits per heavy atom. The molecule has 0 spiro atoms. The number of rotatable bonds is 5. The molecular weight excluding hydrogens is 216 g/mol. The van der Waals surface area contributed by atoms with E-state index in [-0.39, 0.29) is 19.2 Å². The second-order valence-corrected chi connectivity index (χ2v) is 2.53. The molecule has 2 N–H and O–H groups in total. The van der Waals surface area contributed by atoms with Gasteiger partial charge in [-0.15, -0.1) is 0 Å². The van der Waals surface area contributed by atoms with Crippen molar-refractivity contribution in [2.24, 2.45) is 0 Å². The highest BCUT2D eigenvalue weighted by Gasteiger charge is 2.00. The molecule has 0 aliphatic heterocycles. The maximum atomic E-state index is 10.9. The van der Waals surface area contributed by atoms with Crippen molar-refractivity contribution in [2.45, 2.75) is 0 Å². The van der Waals surface area contributed by atoms with Crippen LogP contribution >= 0.6 is 0 Å². The zero-order chi connectivity index (χ0) is 12.4. The molecule has 0 fully saturated rings. The topological polar surface area (TPSA) is 93.7 Å². The molecule has 0 aromatic carbocycles. The first kappa shape index (κ1) is 13.9. The number of amides is 2. The van der Waals surface area contributed by atoms with E-state index in [2.05, 4.69) is 20.1 Å². The van der Waals surface area contributed by atoms with Crippen molar-refractivity contribution in [2.75, 3.05) is 27.3 Å². The summed E-state index contributed by atoms with van der Waals surface area (Å²) in [4.78, 5) is 32.2. The van der Waals surface area contributed by atoms with Crippen molar-refractivity contribution in [3.8, 4) is 0 Å². The number of hydrogen-bond donors (Lipinski definition) is 2. The van der Waals surface area contributed by atoms with Crippen LogP contribution in [0, 0.1) is 0 Å². The molecule has 7 heteroatoms. The van der Waals surface area contributed by atoms with Gasteiger partial charge in [0.1, 0.15) is 6.61 Å². The Labute approximate surface area is 92.8 Å². The first-order valence-corrected chi connectivity index (χ1v) is 4.48. The van der Waals surface area contributed by atoms with Gasteiger partial charge in [0.2, 0.25) is 0 Å². The first-order valence-electron chi connectivity index (χ1n) is 4.48. The third kappa shape index (κ3) is 7.36. The smallest absolute Gasteiger partial charge is 0.331 e. The molecule has 0 radical (unpaired) electrons. The van der Waals surface area contributed by atoms with Crippen LogP contribution in [0.15, 0.2) is 12.2 Å². The van der Waals surface area contributed by atoms with E-state index in [9.17, 15) is 14.4 Å². The van der Waals surface area contributed by atoms with Gasteiger partial charge in [0.05, 0.1) is 13.7 Å². The molecule has 0 aromatic rings. The molecule has 90 valence electrons. The fourth-order valence-corrected chi connectivity index (χ4v) is 0.657. The van der Waals surface area contributed by atoms with E-state index in [1.54, 1.807) is 0 Å². The zero-order valence-electron chi connectivity index (χ0n) is 9.11. The van der Waals surface area contributed by atoms with Crippen molar-refractivity contribution < 1.29 is 23.9 Å². The van der Waals surface area contributed by atoms with E-state index < -0.39 is 11.9 Å². The van der Waals surface area contributed by atoms with Crippen LogP contribution in [0.5, 0.6) is 0 Å². The third-order valence-electron chi connectivity index (χ3n) is 1.42. The largest absolute Gasteiger partial charge is 0.466 e. The van der Waals surface area contributed by atoms with Gasteiger partial charge >= 0.3 is 18.0 Å². The van der Waals surface area contributed by atoms with E-state index >= 15 is 0 Å². The van der Waals surface area contributed by atoms with Gasteiger partial charge in [-0.3, -0.25) is 0 Å². The van der Waals surface area contributed by atoms with Gasteiger partial charge in [-0.05, 0) is 0 Å². The molecule has 0 aromatic heterocycles. The second kappa shape index (κ2) is 8.27. The van der Waals surface area contributed by atoms with Crippen molar-refractivity contribution in [3.05, 3.63) is 12.2 Å². The molecule has 0 saturated carbocycles. The van der Waals surface area contributed by atoms with Gasteiger partial charge in [-0.2, -0.15) is 0 Å². The summed E-state index contributed by atoms with van der Waals surface area (Å²) in [5.41, 5.74) is 0. The monoisotopic (exact) mass is 230 g/mol. The molecule has 0 heterocycles. The molecule has 16 heavy (non-hydrogen) atoms. The van der Waals surface area contributed by atoms with Gasteiger partial charge in [0, 0.05) is 19.2 Å². The minimum Gasteiger partial charge on any atom is -0.466 e. The Morgan fingerprint density at radius 3 is 2.38 bits per heavy atom. The number of hydrogen-bond acceptors (Lipinski definition) is 5. The quantitative estimate of drug-likeness (QED) is 0.366. The van der Waals surface area contributed by atoms with E-state index in [1.807, 2.05) is 0 Å². The summed E-state index contributed by atoms with van der Waals surface area (Å²) >= 11 is 0. The fraction of sp³-hybridized carbons (Fsp3) is 0.444. The lowest BCUT2D eigenvalue weighted by atomic mass is 10.5. The van der Waals surface area contributed by atoms with Crippen LogP contribution in [0.25, 0.3) is 0 Å². The summed E-state index contributed by atoms with van der Waals surface area (Å²) in [7, 11) is 2.67. The number of esters is 2. The number of urea groups is 1. The summed E-state index contributed by atoms with van der Waals surface area (Å²) < 4.78 is 8.93. The molecule has 0 unspecified atom stereocenters. The molecule has 0 atom stereocenters. The SMILES string of the molecule is CNC(=O)NCCOC(=O)/C=C/C(=O)OC. The van der Waals surface area contributed by atoms with Crippen LogP contribution in [0.2, 0.25) is 0 Å². The van der Waals surface area contributed by atoms with Crippen molar-refractivity contribution >= 4 is 18.0 Å². The number of carbonyl (C=O) groups excluding carboxylic acids is 3. The van der Waals surface area contributed by atoms with Gasteiger partial charge in [0.15, 0.2) is 0 Å². The standard InChI is InChI=1S/C9H14N2O5/c1-10-9(14)11-5-6-16-8(13)4-3-7(12)15-2/h3-4H,5-6H2,1-2H3,(H2,10,11,14)/b4-3+. The van der Waals surface area contributed by atoms with E-state index in [4.69, 9.17) is 0 Å². The van der Waals surface area contributed by atoms with Crippen LogP contribution < -0.4 is 10.6 Å². The van der Waals surface area contributed by atoms with Gasteiger partial charge < -0.3 is 20.1 Å². The average molecular weight is 230 g/mol. The minimum absolute atomic E-state index is 0.0256. The highest BCUT2D eigenvalue weighted by Crippen LogP contribution is 1.83. The summed E-state index contributed by atoms with van der Waals surface area (Å²) in [6.45, 7) is 0.218. The van der Waals surface area contributed by atoms with Crippen LogP contribution in [0.1, 0.15) is 0 Å². The Balaban J connectivity index is 3.62. The molecule has 0 rings (SSSR count). The maximum absolute atomic E-state index is 10.9. The molecule has 7 nitrogen and oxygen atoms in total. The first-order chi connectivity index (χ1) is 7.60.